The molecule has 0 fully saturated rings. The first kappa shape index (κ1) is 44.3. The summed E-state index contributed by atoms with van der Waals surface area (Å²) < 4.78 is 47.9. The molecule has 0 heterocycles. The van der Waals surface area contributed by atoms with Crippen LogP contribution in [0.15, 0.2) is 0 Å². The van der Waals surface area contributed by atoms with Crippen molar-refractivity contribution in [3.8, 4) is 16.2 Å². The molecule has 0 unspecified atom stereocenters. The molecular formula is C22H47N3O9S3Si3. The summed E-state index contributed by atoms with van der Waals surface area (Å²) in [4.78, 5) is 0. The molecule has 0 radical (unpaired) electrons. The van der Waals surface area contributed by atoms with E-state index < -0.39 is 26.4 Å². The lowest BCUT2D eigenvalue weighted by atomic mass is 10.6. The molecular weight excluding hydrogens is 631 g/mol. The zero-order chi connectivity index (χ0) is 31.2. The van der Waals surface area contributed by atoms with Gasteiger partial charge in [0.15, 0.2) is 0 Å². The van der Waals surface area contributed by atoms with Gasteiger partial charge in [-0.1, -0.05) is 0 Å². The fourth-order valence-electron chi connectivity index (χ4n) is 2.92. The zero-order valence-corrected chi connectivity index (χ0v) is 30.8. The minimum atomic E-state index is -2.50. The highest BCUT2D eigenvalue weighted by molar-refractivity contribution is 8.05. The van der Waals surface area contributed by atoms with Crippen LogP contribution < -0.4 is 0 Å². The number of rotatable bonds is 22. The smallest absolute Gasteiger partial charge is 0.377 e. The van der Waals surface area contributed by atoms with Gasteiger partial charge in [0.1, 0.15) is 16.2 Å². The molecule has 0 aromatic carbocycles. The summed E-state index contributed by atoms with van der Waals surface area (Å²) in [5, 5.41) is 31.5. The van der Waals surface area contributed by atoms with Gasteiger partial charge in [-0.15, -0.1) is 0 Å². The molecule has 0 aromatic rings. The predicted molar refractivity (Wildman–Crippen MR) is 167 cm³/mol. The van der Waals surface area contributed by atoms with Crippen molar-refractivity contribution in [2.24, 2.45) is 0 Å². The summed E-state index contributed by atoms with van der Waals surface area (Å²) in [5.41, 5.74) is 0. The lowest BCUT2D eigenvalue weighted by Crippen LogP contribution is -2.46. The molecule has 0 aliphatic rings. The fourth-order valence-corrected chi connectivity index (χ4v) is 11.4. The molecule has 40 heavy (non-hydrogen) atoms. The molecule has 0 atom stereocenters. The maximum atomic E-state index is 8.44. The van der Waals surface area contributed by atoms with Gasteiger partial charge in [0.2, 0.25) is 0 Å². The number of nitriles is 3. The van der Waals surface area contributed by atoms with Crippen LogP contribution in [-0.2, 0) is 39.8 Å². The molecule has 12 nitrogen and oxygen atoms in total. The first-order chi connectivity index (χ1) is 19.2. The van der Waals surface area contributed by atoms with Gasteiger partial charge in [-0.2, -0.15) is 15.8 Å². The Morgan fingerprint density at radius 2 is 0.825 bits per heavy atom. The topological polar surface area (TPSA) is 154 Å². The number of hydrogen-bond donors (Lipinski definition) is 0. The van der Waals surface area contributed by atoms with Gasteiger partial charge in [0.25, 0.3) is 0 Å². The van der Waals surface area contributed by atoms with Crippen LogP contribution in [0.5, 0.6) is 0 Å². The van der Waals surface area contributed by atoms with Crippen LogP contribution in [0.4, 0.5) is 0 Å². The Labute approximate surface area is 257 Å². The van der Waals surface area contributed by atoms with E-state index in [9.17, 15) is 0 Å². The molecule has 0 amide bonds. The molecule has 18 heteroatoms. The van der Waals surface area contributed by atoms with Crippen LogP contribution in [-0.4, -0.2) is 106 Å². The van der Waals surface area contributed by atoms with Crippen molar-refractivity contribution in [1.29, 1.82) is 15.8 Å². The summed E-state index contributed by atoms with van der Waals surface area (Å²) in [6.45, 7) is 7.67. The van der Waals surface area contributed by atoms with Crippen molar-refractivity contribution >= 4 is 61.7 Å². The average Bonchev–Trinajstić information content (AvgIpc) is 2.98. The van der Waals surface area contributed by atoms with Gasteiger partial charge in [-0.3, -0.25) is 0 Å². The van der Waals surface area contributed by atoms with Crippen LogP contribution in [0.1, 0.15) is 33.6 Å². The van der Waals surface area contributed by atoms with E-state index in [2.05, 4.69) is 5.40 Å². The Hall–Kier alpha value is -0.189. The molecule has 234 valence electrons. The van der Waals surface area contributed by atoms with Crippen molar-refractivity contribution in [2.45, 2.75) is 45.7 Å². The molecule has 0 rings (SSSR count). The fraction of sp³-hybridized carbons (Fsp3) is 0.864. The van der Waals surface area contributed by atoms with Crippen LogP contribution >= 0.6 is 35.3 Å². The number of nitrogens with zero attached hydrogens (tertiary/aromatic N) is 3. The van der Waals surface area contributed by atoms with Crippen LogP contribution in [0.2, 0.25) is 12.1 Å². The summed E-state index contributed by atoms with van der Waals surface area (Å²) in [6.07, 6.45) is 1.77. The monoisotopic (exact) mass is 677 g/mol. The lowest BCUT2D eigenvalue weighted by molar-refractivity contribution is 0.0712. The predicted octanol–water partition coefficient (Wildman–Crippen LogP) is 4.73. The Bertz CT molecular complexity index is 675. The second-order valence-corrected chi connectivity index (χ2v) is 18.8. The average molecular weight is 678 g/mol. The zero-order valence-electron chi connectivity index (χ0n) is 25.3. The molecule has 0 aliphatic carbocycles. The minimum Gasteiger partial charge on any atom is -0.377 e. The van der Waals surface area contributed by atoms with Crippen molar-refractivity contribution in [2.75, 3.05) is 79.4 Å². The van der Waals surface area contributed by atoms with Crippen LogP contribution in [0, 0.1) is 32.0 Å². The Morgan fingerprint density at radius 1 is 0.500 bits per heavy atom. The summed E-state index contributed by atoms with van der Waals surface area (Å²) in [7, 11) is 2.00. The molecule has 0 aromatic heterocycles. The molecule has 0 saturated heterocycles. The molecule has 0 saturated carbocycles. The van der Waals surface area contributed by atoms with Gasteiger partial charge in [-0.25, -0.2) is 0 Å². The second-order valence-electron chi connectivity index (χ2n) is 7.04. The highest BCUT2D eigenvalue weighted by Gasteiger charge is 2.40. The first-order valence-corrected chi connectivity index (χ1v) is 21.2. The minimum absolute atomic E-state index is 0.465. The summed E-state index contributed by atoms with van der Waals surface area (Å²) >= 11 is 3.59. The van der Waals surface area contributed by atoms with E-state index in [-0.39, 0.29) is 0 Å². The Morgan fingerprint density at radius 3 is 1.10 bits per heavy atom. The third kappa shape index (κ3) is 21.5. The van der Waals surface area contributed by atoms with Gasteiger partial charge in [-0.05, 0) is 68.9 Å². The first-order valence-electron chi connectivity index (χ1n) is 12.5. The van der Waals surface area contributed by atoms with Gasteiger partial charge >= 0.3 is 26.4 Å². The highest BCUT2D eigenvalue weighted by Crippen LogP contribution is 2.20. The van der Waals surface area contributed by atoms with Crippen LogP contribution in [0.3, 0.4) is 0 Å². The summed E-state index contributed by atoms with van der Waals surface area (Å²) in [5.74, 6) is 1.60. The van der Waals surface area contributed by atoms with Crippen molar-refractivity contribution in [3.63, 3.8) is 0 Å². The van der Waals surface area contributed by atoms with Gasteiger partial charge < -0.3 is 39.8 Å². The maximum absolute atomic E-state index is 8.44. The normalized spacial score (nSPS) is 11.2. The standard InChI is InChI=1S/C10H21NO3SSi.C7H15NO3SSi.C5H11NO3SSi/c1-4-12-16(13-5-2,14-6-3)9-7-8-15-10-11;1-9-13(10-2,11-3)6-4-5-12-7-8;1-7-11(8-2,9-3)5-10-4-6/h4-9H2,1-3H3;4-6H2,1-3H3;5H2,1-3H3. The maximum Gasteiger partial charge on any atom is 0.511 e. The van der Waals surface area contributed by atoms with Crippen molar-refractivity contribution in [1.82, 2.24) is 0 Å². The highest BCUT2D eigenvalue weighted by atomic mass is 32.2. The Kier molecular flexibility index (Phi) is 33.5. The Balaban J connectivity index is -0.000000523. The van der Waals surface area contributed by atoms with Crippen molar-refractivity contribution in [3.05, 3.63) is 0 Å². The van der Waals surface area contributed by atoms with Gasteiger partial charge in [0, 0.05) is 86.1 Å². The van der Waals surface area contributed by atoms with E-state index in [4.69, 9.17) is 55.6 Å². The van der Waals surface area contributed by atoms with E-state index in [1.165, 1.54) is 44.9 Å². The molecule has 0 N–H and O–H groups in total. The van der Waals surface area contributed by atoms with Crippen molar-refractivity contribution < 1.29 is 39.8 Å². The van der Waals surface area contributed by atoms with E-state index in [1.54, 1.807) is 21.3 Å². The van der Waals surface area contributed by atoms with E-state index in [0.717, 1.165) is 48.2 Å². The molecule has 0 spiro atoms. The molecule has 0 aliphatic heterocycles. The second kappa shape index (κ2) is 30.3. The van der Waals surface area contributed by atoms with E-state index >= 15 is 0 Å². The number of thiocyanates is 3. The number of thioether (sulfide) groups is 3. The summed E-state index contributed by atoms with van der Waals surface area (Å²) in [6, 6.07) is 1.54. The van der Waals surface area contributed by atoms with E-state index in [0.29, 0.717) is 25.2 Å². The van der Waals surface area contributed by atoms with Crippen LogP contribution in [0.25, 0.3) is 0 Å². The third-order valence-corrected chi connectivity index (χ3v) is 16.1. The van der Waals surface area contributed by atoms with Gasteiger partial charge in [0.05, 0.1) is 5.38 Å². The third-order valence-electron chi connectivity index (χ3n) is 4.86. The quantitative estimate of drug-likeness (QED) is 0.0880. The number of hydrogen-bond acceptors (Lipinski definition) is 15. The van der Waals surface area contributed by atoms with E-state index in [1.807, 2.05) is 31.6 Å². The lowest BCUT2D eigenvalue weighted by Gasteiger charge is -2.28. The largest absolute Gasteiger partial charge is 0.511 e. The molecule has 0 bridgehead atoms. The SMILES string of the molecule is CCO[Si](CCCSC#N)(OCC)OCC.CO[Si](CCCSC#N)(OC)OC.CO[Si](CSC#N)(OC)OC.